The zero-order valence-corrected chi connectivity index (χ0v) is 11.5. The lowest BCUT2D eigenvalue weighted by Crippen LogP contribution is -2.36. The van der Waals surface area contributed by atoms with E-state index in [1.807, 2.05) is 0 Å². The number of fused-ring (bicyclic) bond motifs is 2. The first kappa shape index (κ1) is 12.5. The van der Waals surface area contributed by atoms with Crippen LogP contribution in [0.25, 0.3) is 0 Å². The van der Waals surface area contributed by atoms with Gasteiger partial charge in [0.1, 0.15) is 0 Å². The Morgan fingerprint density at radius 1 is 1.33 bits per heavy atom. The van der Waals surface area contributed by atoms with Crippen molar-refractivity contribution in [1.29, 1.82) is 0 Å². The van der Waals surface area contributed by atoms with Crippen molar-refractivity contribution in [1.82, 2.24) is 4.90 Å². The molecule has 1 aliphatic carbocycles. The fraction of sp³-hybridized carbons (Fsp3) is 0.500. The SMILES string of the molecule is O=C(CN1CC2CCC1C2)c1ccc(Cl)cc1Cl. The number of carbonyl (C=O) groups excluding carboxylic acids is 1. The Hall–Kier alpha value is -0.570. The Morgan fingerprint density at radius 3 is 2.78 bits per heavy atom. The van der Waals surface area contributed by atoms with Crippen molar-refractivity contribution in [3.63, 3.8) is 0 Å². The van der Waals surface area contributed by atoms with Gasteiger partial charge in [-0.15, -0.1) is 0 Å². The third-order valence-corrected chi connectivity index (χ3v) is 4.65. The minimum atomic E-state index is 0.101. The lowest BCUT2D eigenvalue weighted by molar-refractivity contribution is 0.0905. The molecule has 2 fully saturated rings. The van der Waals surface area contributed by atoms with E-state index in [1.165, 1.54) is 19.3 Å². The number of Topliss-reactive ketones (excluding diaryl/α,β-unsaturated/α-hetero) is 1. The summed E-state index contributed by atoms with van der Waals surface area (Å²) in [7, 11) is 0. The number of piperidine rings is 1. The van der Waals surface area contributed by atoms with Crippen LogP contribution in [-0.4, -0.2) is 29.8 Å². The molecule has 2 aliphatic rings. The average Bonchev–Trinajstić information content (AvgIpc) is 2.90. The predicted octanol–water partition coefficient (Wildman–Crippen LogP) is 3.66. The molecule has 3 rings (SSSR count). The van der Waals surface area contributed by atoms with Crippen LogP contribution in [0.5, 0.6) is 0 Å². The summed E-state index contributed by atoms with van der Waals surface area (Å²) in [6.45, 7) is 1.56. The Balaban J connectivity index is 1.71. The van der Waals surface area contributed by atoms with Gasteiger partial charge in [0.15, 0.2) is 5.78 Å². The lowest BCUT2D eigenvalue weighted by Gasteiger charge is -2.25. The molecule has 0 N–H and O–H groups in total. The molecule has 18 heavy (non-hydrogen) atoms. The van der Waals surface area contributed by atoms with Crippen LogP contribution in [0.4, 0.5) is 0 Å². The van der Waals surface area contributed by atoms with Crippen molar-refractivity contribution in [2.24, 2.45) is 5.92 Å². The Kier molecular flexibility index (Phi) is 3.35. The molecule has 96 valence electrons. The maximum absolute atomic E-state index is 12.2. The normalized spacial score (nSPS) is 26.8. The van der Waals surface area contributed by atoms with Crippen molar-refractivity contribution in [3.05, 3.63) is 33.8 Å². The van der Waals surface area contributed by atoms with Gasteiger partial charge in [-0.25, -0.2) is 0 Å². The molecule has 2 bridgehead atoms. The number of benzene rings is 1. The summed E-state index contributed by atoms with van der Waals surface area (Å²) in [5, 5.41) is 1.02. The third-order valence-electron chi connectivity index (χ3n) is 4.10. The summed E-state index contributed by atoms with van der Waals surface area (Å²) in [6.07, 6.45) is 3.84. The molecule has 1 aromatic carbocycles. The summed E-state index contributed by atoms with van der Waals surface area (Å²) in [5.74, 6) is 0.910. The number of halogens is 2. The molecule has 2 unspecified atom stereocenters. The van der Waals surface area contributed by atoms with Crippen LogP contribution >= 0.6 is 23.2 Å². The van der Waals surface area contributed by atoms with Gasteiger partial charge in [-0.3, -0.25) is 9.69 Å². The van der Waals surface area contributed by atoms with E-state index in [2.05, 4.69) is 4.90 Å². The highest BCUT2D eigenvalue weighted by Crippen LogP contribution is 2.37. The maximum atomic E-state index is 12.2. The molecule has 0 aromatic heterocycles. The lowest BCUT2D eigenvalue weighted by atomic mass is 10.1. The minimum Gasteiger partial charge on any atom is -0.293 e. The van der Waals surface area contributed by atoms with Gasteiger partial charge in [-0.05, 0) is 43.4 Å². The second-order valence-corrected chi connectivity index (χ2v) is 6.15. The zero-order chi connectivity index (χ0) is 12.7. The van der Waals surface area contributed by atoms with E-state index in [-0.39, 0.29) is 5.78 Å². The fourth-order valence-corrected chi connectivity index (χ4v) is 3.72. The predicted molar refractivity (Wildman–Crippen MR) is 73.5 cm³/mol. The first-order valence-electron chi connectivity index (χ1n) is 6.36. The van der Waals surface area contributed by atoms with E-state index in [0.29, 0.717) is 28.2 Å². The van der Waals surface area contributed by atoms with Gasteiger partial charge in [-0.2, -0.15) is 0 Å². The number of hydrogen-bond acceptors (Lipinski definition) is 2. The minimum absolute atomic E-state index is 0.101. The maximum Gasteiger partial charge on any atom is 0.178 e. The summed E-state index contributed by atoms with van der Waals surface area (Å²) in [5.41, 5.74) is 0.587. The smallest absolute Gasteiger partial charge is 0.178 e. The van der Waals surface area contributed by atoms with Gasteiger partial charge in [0.05, 0.1) is 11.6 Å². The van der Waals surface area contributed by atoms with Crippen molar-refractivity contribution in [2.45, 2.75) is 25.3 Å². The van der Waals surface area contributed by atoms with Crippen LogP contribution in [0.3, 0.4) is 0 Å². The largest absolute Gasteiger partial charge is 0.293 e. The second-order valence-electron chi connectivity index (χ2n) is 5.31. The van der Waals surface area contributed by atoms with Crippen molar-refractivity contribution >= 4 is 29.0 Å². The van der Waals surface area contributed by atoms with E-state index in [0.717, 1.165) is 12.5 Å². The van der Waals surface area contributed by atoms with Crippen molar-refractivity contribution < 1.29 is 4.79 Å². The molecule has 4 heteroatoms. The summed E-state index contributed by atoms with van der Waals surface area (Å²) < 4.78 is 0. The molecule has 1 aliphatic heterocycles. The van der Waals surface area contributed by atoms with E-state index in [9.17, 15) is 4.79 Å². The highest BCUT2D eigenvalue weighted by molar-refractivity contribution is 6.36. The van der Waals surface area contributed by atoms with Crippen molar-refractivity contribution in [2.75, 3.05) is 13.1 Å². The topological polar surface area (TPSA) is 20.3 Å². The van der Waals surface area contributed by atoms with Gasteiger partial charge < -0.3 is 0 Å². The van der Waals surface area contributed by atoms with Crippen LogP contribution in [0.2, 0.25) is 10.0 Å². The van der Waals surface area contributed by atoms with Crippen LogP contribution in [0.15, 0.2) is 18.2 Å². The van der Waals surface area contributed by atoms with Crippen LogP contribution < -0.4 is 0 Å². The molecule has 1 saturated heterocycles. The first-order valence-corrected chi connectivity index (χ1v) is 7.11. The molecule has 2 nitrogen and oxygen atoms in total. The number of carbonyl (C=O) groups is 1. The number of nitrogens with zero attached hydrogens (tertiary/aromatic N) is 1. The third kappa shape index (κ3) is 2.29. The van der Waals surface area contributed by atoms with Gasteiger partial charge in [0, 0.05) is 23.2 Å². The van der Waals surface area contributed by atoms with Crippen molar-refractivity contribution in [3.8, 4) is 0 Å². The zero-order valence-electron chi connectivity index (χ0n) is 10.0. The number of hydrogen-bond donors (Lipinski definition) is 0. The first-order chi connectivity index (χ1) is 8.63. The van der Waals surface area contributed by atoms with Crippen LogP contribution in [0, 0.1) is 5.92 Å². The second kappa shape index (κ2) is 4.84. The highest BCUT2D eigenvalue weighted by Gasteiger charge is 2.38. The van der Waals surface area contributed by atoms with E-state index in [4.69, 9.17) is 23.2 Å². The summed E-state index contributed by atoms with van der Waals surface area (Å²) in [6, 6.07) is 5.69. The number of rotatable bonds is 3. The quantitative estimate of drug-likeness (QED) is 0.789. The fourth-order valence-electron chi connectivity index (χ4n) is 3.21. The Bertz CT molecular complexity index is 489. The molecular weight excluding hydrogens is 269 g/mol. The molecule has 1 saturated carbocycles. The van der Waals surface area contributed by atoms with E-state index < -0.39 is 0 Å². The van der Waals surface area contributed by atoms with E-state index >= 15 is 0 Å². The Morgan fingerprint density at radius 2 is 2.17 bits per heavy atom. The summed E-state index contributed by atoms with van der Waals surface area (Å²) in [4.78, 5) is 14.5. The molecular formula is C14H15Cl2NO. The number of likely N-dealkylation sites (tertiary alicyclic amines) is 1. The monoisotopic (exact) mass is 283 g/mol. The summed E-state index contributed by atoms with van der Waals surface area (Å²) >= 11 is 11.9. The van der Waals surface area contributed by atoms with Gasteiger partial charge in [0.2, 0.25) is 0 Å². The van der Waals surface area contributed by atoms with Crippen LogP contribution in [0.1, 0.15) is 29.6 Å². The Labute approximate surface area is 117 Å². The van der Waals surface area contributed by atoms with Crippen LogP contribution in [-0.2, 0) is 0 Å². The molecule has 0 radical (unpaired) electrons. The molecule has 1 aromatic rings. The molecule has 0 spiro atoms. The standard InChI is InChI=1S/C14H15Cl2NO/c15-10-2-4-12(13(16)6-10)14(18)8-17-7-9-1-3-11(17)5-9/h2,4,6,9,11H,1,3,5,7-8H2. The number of ketones is 1. The van der Waals surface area contributed by atoms with Gasteiger partial charge in [0.25, 0.3) is 0 Å². The molecule has 1 heterocycles. The average molecular weight is 284 g/mol. The molecule has 2 atom stereocenters. The molecule has 0 amide bonds. The van der Waals surface area contributed by atoms with Gasteiger partial charge >= 0.3 is 0 Å². The van der Waals surface area contributed by atoms with E-state index in [1.54, 1.807) is 18.2 Å². The highest BCUT2D eigenvalue weighted by atomic mass is 35.5. The van der Waals surface area contributed by atoms with Gasteiger partial charge in [-0.1, -0.05) is 23.2 Å².